The van der Waals surface area contributed by atoms with Crippen LogP contribution in [0.15, 0.2) is 33.9 Å². The minimum Gasteiger partial charge on any atom is -0.350 e. The fraction of sp³-hybridized carbons (Fsp3) is 0.167. The number of amides is 1. The Morgan fingerprint density at radius 1 is 1.35 bits per heavy atom. The second-order valence-electron chi connectivity index (χ2n) is 3.99. The molecular weight excluding hydrogens is 284 g/mol. The van der Waals surface area contributed by atoms with E-state index >= 15 is 0 Å². The van der Waals surface area contributed by atoms with Crippen molar-refractivity contribution in [3.8, 4) is 0 Å². The molecule has 7 nitrogen and oxygen atoms in total. The van der Waals surface area contributed by atoms with E-state index in [2.05, 4.69) is 10.4 Å². The Morgan fingerprint density at radius 3 is 2.85 bits per heavy atom. The molecule has 2 aromatic rings. The molecular formula is C12H11ClN4O3. The Kier molecular flexibility index (Phi) is 4.31. The number of nitrogens with one attached hydrogen (secondary N) is 3. The van der Waals surface area contributed by atoms with Gasteiger partial charge in [0.2, 0.25) is 5.69 Å². The summed E-state index contributed by atoms with van der Waals surface area (Å²) in [5, 5.41) is 8.56. The quantitative estimate of drug-likeness (QED) is 0.742. The third-order valence-corrected chi connectivity index (χ3v) is 2.75. The molecule has 2 rings (SSSR count). The first-order valence-electron chi connectivity index (χ1n) is 5.78. The van der Waals surface area contributed by atoms with Crippen molar-refractivity contribution in [3.05, 3.63) is 61.4 Å². The van der Waals surface area contributed by atoms with E-state index in [1.807, 2.05) is 22.2 Å². The summed E-state index contributed by atoms with van der Waals surface area (Å²) in [6, 6.07) is 7.24. The van der Waals surface area contributed by atoms with Crippen LogP contribution in [0, 0.1) is 0 Å². The van der Waals surface area contributed by atoms with Gasteiger partial charge in [-0.1, -0.05) is 23.7 Å². The standard InChI is InChI=1S/C12H11ClN4O3/c13-8-3-1-2-7(6-8)4-5-14-10(18)9-11(19)15-12(20)17-16-9/h1-3,6H,4-5H2,(H,14,18)(H2,15,17,19,20). The lowest BCUT2D eigenvalue weighted by Gasteiger charge is -2.04. The Labute approximate surface area is 118 Å². The molecule has 1 amide bonds. The molecule has 1 aromatic heterocycles. The van der Waals surface area contributed by atoms with Crippen molar-refractivity contribution in [2.45, 2.75) is 6.42 Å². The van der Waals surface area contributed by atoms with Gasteiger partial charge in [-0.3, -0.25) is 14.6 Å². The molecule has 0 aliphatic carbocycles. The number of carbonyl (C=O) groups is 1. The van der Waals surface area contributed by atoms with E-state index in [9.17, 15) is 14.4 Å². The lowest BCUT2D eigenvalue weighted by atomic mass is 10.1. The normalized spacial score (nSPS) is 10.2. The third kappa shape index (κ3) is 3.55. The average molecular weight is 295 g/mol. The van der Waals surface area contributed by atoms with Crippen molar-refractivity contribution in [2.24, 2.45) is 0 Å². The smallest absolute Gasteiger partial charge is 0.342 e. The summed E-state index contributed by atoms with van der Waals surface area (Å²) < 4.78 is 0. The first-order valence-corrected chi connectivity index (χ1v) is 6.16. The average Bonchev–Trinajstić information content (AvgIpc) is 2.38. The molecule has 0 atom stereocenters. The molecule has 0 radical (unpaired) electrons. The van der Waals surface area contributed by atoms with Crippen molar-refractivity contribution in [1.82, 2.24) is 20.5 Å². The van der Waals surface area contributed by atoms with Gasteiger partial charge in [-0.2, -0.15) is 5.10 Å². The molecule has 0 aliphatic heterocycles. The van der Waals surface area contributed by atoms with Gasteiger partial charge in [-0.15, -0.1) is 0 Å². The Hall–Kier alpha value is -2.41. The first-order chi connectivity index (χ1) is 9.56. The van der Waals surface area contributed by atoms with E-state index < -0.39 is 17.2 Å². The highest BCUT2D eigenvalue weighted by Gasteiger charge is 2.12. The van der Waals surface area contributed by atoms with Gasteiger partial charge < -0.3 is 5.32 Å². The molecule has 20 heavy (non-hydrogen) atoms. The van der Waals surface area contributed by atoms with Crippen LogP contribution < -0.4 is 16.6 Å². The van der Waals surface area contributed by atoms with Crippen LogP contribution >= 0.6 is 11.6 Å². The topological polar surface area (TPSA) is 108 Å². The third-order valence-electron chi connectivity index (χ3n) is 2.51. The minimum atomic E-state index is -0.825. The molecule has 0 spiro atoms. The zero-order chi connectivity index (χ0) is 14.5. The van der Waals surface area contributed by atoms with Crippen molar-refractivity contribution < 1.29 is 4.79 Å². The SMILES string of the molecule is O=C(NCCc1cccc(Cl)c1)c1n[nH]c(=O)[nH]c1=O. The number of hydrogen-bond acceptors (Lipinski definition) is 4. The number of hydrogen-bond donors (Lipinski definition) is 3. The molecule has 0 bridgehead atoms. The van der Waals surface area contributed by atoms with Gasteiger partial charge in [-0.05, 0) is 24.1 Å². The van der Waals surface area contributed by atoms with Crippen molar-refractivity contribution >= 4 is 17.5 Å². The van der Waals surface area contributed by atoms with Crippen molar-refractivity contribution in [2.75, 3.05) is 6.54 Å². The van der Waals surface area contributed by atoms with E-state index in [1.165, 1.54) is 0 Å². The summed E-state index contributed by atoms with van der Waals surface area (Å²) in [6.45, 7) is 0.319. The number of H-pyrrole nitrogens is 2. The highest BCUT2D eigenvalue weighted by molar-refractivity contribution is 6.30. The van der Waals surface area contributed by atoms with Gasteiger partial charge >= 0.3 is 5.69 Å². The lowest BCUT2D eigenvalue weighted by molar-refractivity contribution is 0.0946. The van der Waals surface area contributed by atoms with E-state index in [4.69, 9.17) is 11.6 Å². The maximum Gasteiger partial charge on any atom is 0.342 e. The predicted molar refractivity (Wildman–Crippen MR) is 73.0 cm³/mol. The maximum absolute atomic E-state index is 11.7. The van der Waals surface area contributed by atoms with Gasteiger partial charge in [0.15, 0.2) is 0 Å². The van der Waals surface area contributed by atoms with E-state index in [0.717, 1.165) is 5.56 Å². The van der Waals surface area contributed by atoms with Gasteiger partial charge in [0, 0.05) is 11.6 Å². The van der Waals surface area contributed by atoms with E-state index in [1.54, 1.807) is 12.1 Å². The molecule has 0 saturated carbocycles. The summed E-state index contributed by atoms with van der Waals surface area (Å²) in [5.41, 5.74) is -1.00. The number of nitrogens with zero attached hydrogens (tertiary/aromatic N) is 1. The molecule has 3 N–H and O–H groups in total. The van der Waals surface area contributed by atoms with Crippen LogP contribution in [0.25, 0.3) is 0 Å². The minimum absolute atomic E-state index is 0.319. The number of benzene rings is 1. The largest absolute Gasteiger partial charge is 0.350 e. The number of carbonyl (C=O) groups excluding carboxylic acids is 1. The summed E-state index contributed by atoms with van der Waals surface area (Å²) in [7, 11) is 0. The Bertz CT molecular complexity index is 738. The Balaban J connectivity index is 1.96. The number of rotatable bonds is 4. The fourth-order valence-electron chi connectivity index (χ4n) is 1.60. The molecule has 0 unspecified atom stereocenters. The monoisotopic (exact) mass is 294 g/mol. The summed E-state index contributed by atoms with van der Waals surface area (Å²) >= 11 is 5.84. The highest BCUT2D eigenvalue weighted by Crippen LogP contribution is 2.10. The van der Waals surface area contributed by atoms with Gasteiger partial charge in [-0.25, -0.2) is 9.89 Å². The van der Waals surface area contributed by atoms with Crippen LogP contribution in [0.5, 0.6) is 0 Å². The predicted octanol–water partition coefficient (Wildman–Crippen LogP) is 0.0841. The molecule has 104 valence electrons. The molecule has 1 heterocycles. The fourth-order valence-corrected chi connectivity index (χ4v) is 1.81. The van der Waals surface area contributed by atoms with Crippen LogP contribution in [-0.2, 0) is 6.42 Å². The summed E-state index contributed by atoms with van der Waals surface area (Å²) in [4.78, 5) is 35.7. The highest BCUT2D eigenvalue weighted by atomic mass is 35.5. The second kappa shape index (κ2) is 6.16. The zero-order valence-electron chi connectivity index (χ0n) is 10.3. The lowest BCUT2D eigenvalue weighted by Crippen LogP contribution is -2.36. The number of aromatic amines is 2. The first kappa shape index (κ1) is 14.0. The van der Waals surface area contributed by atoms with Crippen LogP contribution in [0.4, 0.5) is 0 Å². The van der Waals surface area contributed by atoms with Crippen molar-refractivity contribution in [1.29, 1.82) is 0 Å². The number of halogens is 1. The Morgan fingerprint density at radius 2 is 2.15 bits per heavy atom. The zero-order valence-corrected chi connectivity index (χ0v) is 11.0. The second-order valence-corrected chi connectivity index (χ2v) is 4.43. The molecule has 0 aliphatic rings. The molecule has 8 heteroatoms. The van der Waals surface area contributed by atoms with E-state index in [-0.39, 0.29) is 5.69 Å². The van der Waals surface area contributed by atoms with Gasteiger partial charge in [0.25, 0.3) is 11.5 Å². The summed E-state index contributed by atoms with van der Waals surface area (Å²) in [6.07, 6.45) is 0.563. The molecule has 1 aromatic carbocycles. The van der Waals surface area contributed by atoms with Crippen LogP contribution in [0.1, 0.15) is 16.1 Å². The van der Waals surface area contributed by atoms with Crippen LogP contribution in [0.2, 0.25) is 5.02 Å². The maximum atomic E-state index is 11.7. The van der Waals surface area contributed by atoms with E-state index in [0.29, 0.717) is 18.0 Å². The summed E-state index contributed by atoms with van der Waals surface area (Å²) in [5.74, 6) is -0.649. The molecule has 0 fully saturated rings. The van der Waals surface area contributed by atoms with Gasteiger partial charge in [0.05, 0.1) is 0 Å². The number of aromatic nitrogens is 3. The van der Waals surface area contributed by atoms with Crippen LogP contribution in [-0.4, -0.2) is 27.6 Å². The van der Waals surface area contributed by atoms with Gasteiger partial charge in [0.1, 0.15) is 0 Å². The molecule has 0 saturated heterocycles. The van der Waals surface area contributed by atoms with Crippen molar-refractivity contribution in [3.63, 3.8) is 0 Å². The van der Waals surface area contributed by atoms with Crippen LogP contribution in [0.3, 0.4) is 0 Å².